The third-order valence-electron chi connectivity index (χ3n) is 3.69. The maximum absolute atomic E-state index is 12.1. The summed E-state index contributed by atoms with van der Waals surface area (Å²) in [6.07, 6.45) is 2.51. The number of hydrogen-bond donors (Lipinski definition) is 1. The predicted molar refractivity (Wildman–Crippen MR) is 80.3 cm³/mol. The summed E-state index contributed by atoms with van der Waals surface area (Å²) < 4.78 is 5.04. The fourth-order valence-electron chi connectivity index (χ4n) is 2.48. The summed E-state index contributed by atoms with van der Waals surface area (Å²) in [5.74, 6) is 2.06. The molecule has 3 rings (SSSR count). The van der Waals surface area contributed by atoms with Crippen molar-refractivity contribution in [3.05, 3.63) is 33.6 Å². The summed E-state index contributed by atoms with van der Waals surface area (Å²) in [7, 11) is 0. The molecule has 112 valence electrons. The van der Waals surface area contributed by atoms with Crippen molar-refractivity contribution in [3.8, 4) is 0 Å². The summed E-state index contributed by atoms with van der Waals surface area (Å²) in [6.45, 7) is 4.56. The van der Waals surface area contributed by atoms with Gasteiger partial charge in [0.25, 0.3) is 0 Å². The van der Waals surface area contributed by atoms with Crippen LogP contribution in [0.2, 0.25) is 0 Å². The average Bonchev–Trinajstić information content (AvgIpc) is 2.98. The third kappa shape index (κ3) is 3.50. The summed E-state index contributed by atoms with van der Waals surface area (Å²) >= 11 is 1.80. The lowest BCUT2D eigenvalue weighted by atomic mass is 10.2. The highest BCUT2D eigenvalue weighted by Gasteiger charge is 2.44. The molecule has 0 aliphatic heterocycles. The summed E-state index contributed by atoms with van der Waals surface area (Å²) in [5, 5.41) is 6.75. The lowest BCUT2D eigenvalue weighted by Gasteiger charge is -2.03. The van der Waals surface area contributed by atoms with Gasteiger partial charge < -0.3 is 9.84 Å². The van der Waals surface area contributed by atoms with Crippen LogP contribution in [0, 0.1) is 19.8 Å². The van der Waals surface area contributed by atoms with Crippen LogP contribution in [0.1, 0.15) is 40.2 Å². The normalized spacial score (nSPS) is 20.5. The number of amides is 1. The number of nitrogens with one attached hydrogen (secondary N) is 1. The van der Waals surface area contributed by atoms with Crippen molar-refractivity contribution in [1.82, 2.24) is 15.5 Å². The Bertz CT molecular complexity index is 634. The van der Waals surface area contributed by atoms with Crippen LogP contribution in [0.5, 0.6) is 0 Å². The standard InChI is InChI=1S/C15H19N3O2S/c1-9-5-6-13(21-9)11-8-12(11)15(19)16-7-3-4-14-17-10(2)18-20-14/h5-6,11-12H,3-4,7-8H2,1-2H3,(H,16,19)/t11-,12-/m1/s1. The van der Waals surface area contributed by atoms with Gasteiger partial charge in [-0.15, -0.1) is 11.3 Å². The molecule has 5 nitrogen and oxygen atoms in total. The van der Waals surface area contributed by atoms with Gasteiger partial charge in [0, 0.05) is 34.6 Å². The highest BCUT2D eigenvalue weighted by molar-refractivity contribution is 7.12. The summed E-state index contributed by atoms with van der Waals surface area (Å²) in [5.41, 5.74) is 0. The molecule has 0 bridgehead atoms. The van der Waals surface area contributed by atoms with Crippen molar-refractivity contribution >= 4 is 17.2 Å². The van der Waals surface area contributed by atoms with Crippen molar-refractivity contribution in [2.24, 2.45) is 5.92 Å². The van der Waals surface area contributed by atoms with Crippen LogP contribution in [0.3, 0.4) is 0 Å². The lowest BCUT2D eigenvalue weighted by Crippen LogP contribution is -2.26. The molecule has 2 aromatic rings. The van der Waals surface area contributed by atoms with Gasteiger partial charge in [-0.05, 0) is 38.8 Å². The fourth-order valence-corrected chi connectivity index (χ4v) is 3.53. The van der Waals surface area contributed by atoms with Gasteiger partial charge in [0.1, 0.15) is 0 Å². The SMILES string of the molecule is Cc1noc(CCCNC(=O)[C@@H]2C[C@H]2c2ccc(C)s2)n1. The molecule has 0 spiro atoms. The molecule has 1 aliphatic rings. The first kappa shape index (κ1) is 14.3. The zero-order valence-electron chi connectivity index (χ0n) is 12.3. The minimum absolute atomic E-state index is 0.161. The van der Waals surface area contributed by atoms with E-state index in [-0.39, 0.29) is 11.8 Å². The lowest BCUT2D eigenvalue weighted by molar-refractivity contribution is -0.122. The molecular weight excluding hydrogens is 286 g/mol. The monoisotopic (exact) mass is 305 g/mol. The molecular formula is C15H19N3O2S. The van der Waals surface area contributed by atoms with Crippen LogP contribution in [0.15, 0.2) is 16.7 Å². The molecule has 1 N–H and O–H groups in total. The highest BCUT2D eigenvalue weighted by atomic mass is 32.1. The third-order valence-corrected chi connectivity index (χ3v) is 4.82. The van der Waals surface area contributed by atoms with E-state index in [4.69, 9.17) is 4.52 Å². The van der Waals surface area contributed by atoms with E-state index in [2.05, 4.69) is 34.5 Å². The zero-order valence-corrected chi connectivity index (χ0v) is 13.1. The van der Waals surface area contributed by atoms with Crippen LogP contribution in [0.4, 0.5) is 0 Å². The predicted octanol–water partition coefficient (Wildman–Crippen LogP) is 2.60. The second-order valence-electron chi connectivity index (χ2n) is 5.53. The van der Waals surface area contributed by atoms with Gasteiger partial charge >= 0.3 is 0 Å². The Morgan fingerprint density at radius 2 is 2.33 bits per heavy atom. The van der Waals surface area contributed by atoms with Gasteiger partial charge in [0.05, 0.1) is 0 Å². The van der Waals surface area contributed by atoms with E-state index in [0.29, 0.717) is 30.6 Å². The molecule has 0 saturated heterocycles. The van der Waals surface area contributed by atoms with E-state index < -0.39 is 0 Å². The number of hydrogen-bond acceptors (Lipinski definition) is 5. The number of carbonyl (C=O) groups excluding carboxylic acids is 1. The molecule has 6 heteroatoms. The molecule has 1 amide bonds. The van der Waals surface area contributed by atoms with E-state index in [1.54, 1.807) is 18.3 Å². The topological polar surface area (TPSA) is 68.0 Å². The van der Waals surface area contributed by atoms with Gasteiger partial charge in [-0.1, -0.05) is 5.16 Å². The van der Waals surface area contributed by atoms with Crippen LogP contribution in [0.25, 0.3) is 0 Å². The van der Waals surface area contributed by atoms with Crippen LogP contribution in [-0.2, 0) is 11.2 Å². The smallest absolute Gasteiger partial charge is 0.226 e. The Balaban J connectivity index is 1.38. The van der Waals surface area contributed by atoms with Gasteiger partial charge in [0.2, 0.25) is 11.8 Å². The second kappa shape index (κ2) is 5.97. The molecule has 2 atom stereocenters. The first-order valence-corrected chi connectivity index (χ1v) is 8.08. The second-order valence-corrected chi connectivity index (χ2v) is 6.85. The van der Waals surface area contributed by atoms with Gasteiger partial charge in [-0.25, -0.2) is 0 Å². The van der Waals surface area contributed by atoms with Crippen LogP contribution < -0.4 is 5.32 Å². The van der Waals surface area contributed by atoms with Gasteiger partial charge in [-0.3, -0.25) is 4.79 Å². The molecule has 1 aliphatic carbocycles. The molecule has 2 aromatic heterocycles. The molecule has 0 radical (unpaired) electrons. The maximum atomic E-state index is 12.1. The number of rotatable bonds is 6. The fraction of sp³-hybridized carbons (Fsp3) is 0.533. The average molecular weight is 305 g/mol. The molecule has 0 aromatic carbocycles. The van der Waals surface area contributed by atoms with Gasteiger partial charge in [-0.2, -0.15) is 4.98 Å². The summed E-state index contributed by atoms with van der Waals surface area (Å²) in [4.78, 5) is 18.8. The number of nitrogens with zero attached hydrogens (tertiary/aromatic N) is 2. The number of carbonyl (C=O) groups is 1. The van der Waals surface area contributed by atoms with E-state index in [1.807, 2.05) is 0 Å². The Morgan fingerprint density at radius 1 is 1.48 bits per heavy atom. The number of thiophene rings is 1. The van der Waals surface area contributed by atoms with Crippen molar-refractivity contribution < 1.29 is 9.32 Å². The van der Waals surface area contributed by atoms with Crippen LogP contribution >= 0.6 is 11.3 Å². The van der Waals surface area contributed by atoms with E-state index >= 15 is 0 Å². The van der Waals surface area contributed by atoms with Crippen molar-refractivity contribution in [3.63, 3.8) is 0 Å². The van der Waals surface area contributed by atoms with Crippen molar-refractivity contribution in [2.75, 3.05) is 6.54 Å². The summed E-state index contributed by atoms with van der Waals surface area (Å²) in [6, 6.07) is 4.27. The maximum Gasteiger partial charge on any atom is 0.226 e. The Kier molecular flexibility index (Phi) is 4.05. The minimum atomic E-state index is 0.161. The van der Waals surface area contributed by atoms with E-state index in [9.17, 15) is 4.79 Å². The Hall–Kier alpha value is -1.69. The Labute approximate surface area is 127 Å². The number of aromatic nitrogens is 2. The minimum Gasteiger partial charge on any atom is -0.356 e. The highest BCUT2D eigenvalue weighted by Crippen LogP contribution is 2.49. The molecule has 0 unspecified atom stereocenters. The molecule has 1 fully saturated rings. The largest absolute Gasteiger partial charge is 0.356 e. The quantitative estimate of drug-likeness (QED) is 0.833. The van der Waals surface area contributed by atoms with Crippen LogP contribution in [-0.4, -0.2) is 22.6 Å². The zero-order chi connectivity index (χ0) is 14.8. The molecule has 21 heavy (non-hydrogen) atoms. The Morgan fingerprint density at radius 3 is 3.00 bits per heavy atom. The van der Waals surface area contributed by atoms with Crippen molar-refractivity contribution in [1.29, 1.82) is 0 Å². The van der Waals surface area contributed by atoms with Gasteiger partial charge in [0.15, 0.2) is 5.82 Å². The first-order valence-electron chi connectivity index (χ1n) is 7.26. The molecule has 1 saturated carbocycles. The first-order chi connectivity index (χ1) is 10.1. The molecule has 2 heterocycles. The van der Waals surface area contributed by atoms with E-state index in [1.165, 1.54) is 9.75 Å². The van der Waals surface area contributed by atoms with E-state index in [0.717, 1.165) is 12.8 Å². The van der Waals surface area contributed by atoms with Crippen molar-refractivity contribution in [2.45, 2.75) is 39.0 Å². The number of aryl methyl sites for hydroxylation is 3.